The molecule has 0 spiro atoms. The van der Waals surface area contributed by atoms with Crippen molar-refractivity contribution < 1.29 is 31.1 Å². The SMILES string of the molecule is Cc1cc(C(F)(F)F)n(C2CCN([C@H]3C[C@H]4CCC[C@@]4(C(=O)N4CCc5ncc(C(F)(F)F)cc5C4)C3)CC2)n1. The Kier molecular flexibility index (Phi) is 6.70. The van der Waals surface area contributed by atoms with Crippen LogP contribution in [-0.2, 0) is 30.1 Å². The summed E-state index contributed by atoms with van der Waals surface area (Å²) in [7, 11) is 0. The third-order valence-corrected chi connectivity index (χ3v) is 9.70. The van der Waals surface area contributed by atoms with E-state index in [9.17, 15) is 31.1 Å². The zero-order valence-corrected chi connectivity index (χ0v) is 22.4. The summed E-state index contributed by atoms with van der Waals surface area (Å²) in [6.45, 7) is 3.44. The molecule has 4 aliphatic rings. The van der Waals surface area contributed by atoms with Crippen LogP contribution in [0.1, 0.15) is 79.2 Å². The van der Waals surface area contributed by atoms with Crippen LogP contribution < -0.4 is 0 Å². The molecule has 1 saturated heterocycles. The molecular formula is C28H33F6N5O. The van der Waals surface area contributed by atoms with Gasteiger partial charge in [0.25, 0.3) is 0 Å². The third kappa shape index (κ3) is 4.79. The van der Waals surface area contributed by atoms with E-state index in [-0.39, 0.29) is 30.5 Å². The molecule has 0 bridgehead atoms. The van der Waals surface area contributed by atoms with Gasteiger partial charge in [0.1, 0.15) is 5.69 Å². The summed E-state index contributed by atoms with van der Waals surface area (Å²) in [6, 6.07) is 2.08. The zero-order valence-electron chi connectivity index (χ0n) is 22.4. The first kappa shape index (κ1) is 27.5. The fourth-order valence-electron chi connectivity index (χ4n) is 7.81. The molecule has 1 amide bonds. The minimum Gasteiger partial charge on any atom is -0.337 e. The fraction of sp³-hybridized carbons (Fsp3) is 0.679. The van der Waals surface area contributed by atoms with Gasteiger partial charge in [-0.25, -0.2) is 0 Å². The largest absolute Gasteiger partial charge is 0.433 e. The van der Waals surface area contributed by atoms with Gasteiger partial charge in [-0.2, -0.15) is 31.4 Å². The van der Waals surface area contributed by atoms with E-state index in [1.807, 2.05) is 0 Å². The number of rotatable bonds is 3. The maximum Gasteiger partial charge on any atom is 0.433 e. The molecule has 218 valence electrons. The molecule has 0 unspecified atom stereocenters. The Bertz CT molecular complexity index is 1280. The van der Waals surface area contributed by atoms with Crippen molar-refractivity contribution in [3.8, 4) is 0 Å². The maximum absolute atomic E-state index is 14.0. The maximum atomic E-state index is 14.0. The Morgan fingerprint density at radius 2 is 1.75 bits per heavy atom. The lowest BCUT2D eigenvalue weighted by molar-refractivity contribution is -0.145. The first-order valence-corrected chi connectivity index (χ1v) is 14.1. The van der Waals surface area contributed by atoms with Crippen molar-refractivity contribution in [2.45, 2.75) is 89.3 Å². The number of carbonyl (C=O) groups excluding carboxylic acids is 1. The Labute approximate surface area is 228 Å². The van der Waals surface area contributed by atoms with Gasteiger partial charge in [-0.15, -0.1) is 0 Å². The van der Waals surface area contributed by atoms with Crippen LogP contribution in [0.3, 0.4) is 0 Å². The summed E-state index contributed by atoms with van der Waals surface area (Å²) in [6.07, 6.45) is -2.28. The molecule has 3 atom stereocenters. The Balaban J connectivity index is 1.14. The number of pyridine rings is 1. The van der Waals surface area contributed by atoms with E-state index in [0.717, 1.165) is 48.7 Å². The first-order valence-electron chi connectivity index (χ1n) is 14.1. The summed E-state index contributed by atoms with van der Waals surface area (Å²) in [5.41, 5.74) is -0.589. The van der Waals surface area contributed by atoms with E-state index in [0.29, 0.717) is 62.3 Å². The number of hydrogen-bond acceptors (Lipinski definition) is 4. The lowest BCUT2D eigenvalue weighted by Crippen LogP contribution is -2.47. The molecule has 2 aromatic heterocycles. The highest BCUT2D eigenvalue weighted by molar-refractivity contribution is 5.84. The number of alkyl halides is 6. The zero-order chi connectivity index (χ0) is 28.4. The third-order valence-electron chi connectivity index (χ3n) is 9.70. The van der Waals surface area contributed by atoms with Crippen molar-refractivity contribution in [1.29, 1.82) is 0 Å². The van der Waals surface area contributed by atoms with Crippen molar-refractivity contribution in [2.75, 3.05) is 19.6 Å². The van der Waals surface area contributed by atoms with Gasteiger partial charge in [0.15, 0.2) is 0 Å². The molecule has 6 nitrogen and oxygen atoms in total. The number of amides is 1. The summed E-state index contributed by atoms with van der Waals surface area (Å²) < 4.78 is 81.6. The van der Waals surface area contributed by atoms with Crippen LogP contribution in [0.15, 0.2) is 18.3 Å². The average molecular weight is 570 g/mol. The molecule has 0 aromatic carbocycles. The number of likely N-dealkylation sites (tertiary alicyclic amines) is 1. The normalized spacial score (nSPS) is 28.1. The molecule has 3 fully saturated rings. The van der Waals surface area contributed by atoms with E-state index in [1.165, 1.54) is 0 Å². The van der Waals surface area contributed by atoms with Gasteiger partial charge in [0, 0.05) is 50.5 Å². The number of fused-ring (bicyclic) bond motifs is 2. The molecular weight excluding hydrogens is 536 g/mol. The van der Waals surface area contributed by atoms with Crippen LogP contribution in [0.4, 0.5) is 26.3 Å². The van der Waals surface area contributed by atoms with E-state index >= 15 is 0 Å². The summed E-state index contributed by atoms with van der Waals surface area (Å²) >= 11 is 0. The second-order valence-electron chi connectivity index (χ2n) is 12.0. The second kappa shape index (κ2) is 9.73. The van der Waals surface area contributed by atoms with E-state index in [4.69, 9.17) is 0 Å². The molecule has 40 heavy (non-hydrogen) atoms. The summed E-state index contributed by atoms with van der Waals surface area (Å²) in [5, 5.41) is 4.15. The van der Waals surface area contributed by atoms with Crippen molar-refractivity contribution >= 4 is 5.91 Å². The molecule has 6 rings (SSSR count). The van der Waals surface area contributed by atoms with Crippen LogP contribution in [0.5, 0.6) is 0 Å². The van der Waals surface area contributed by atoms with Gasteiger partial charge in [-0.1, -0.05) is 6.42 Å². The molecule has 0 N–H and O–H groups in total. The van der Waals surface area contributed by atoms with Gasteiger partial charge in [0.2, 0.25) is 5.91 Å². The predicted octanol–water partition coefficient (Wildman–Crippen LogP) is 5.79. The first-order chi connectivity index (χ1) is 18.8. The molecule has 2 aromatic rings. The van der Waals surface area contributed by atoms with Gasteiger partial charge in [0.05, 0.1) is 22.7 Å². The number of aryl methyl sites for hydroxylation is 1. The van der Waals surface area contributed by atoms with Crippen LogP contribution in [0.25, 0.3) is 0 Å². The van der Waals surface area contributed by atoms with E-state index in [2.05, 4.69) is 15.0 Å². The van der Waals surface area contributed by atoms with Crippen LogP contribution in [-0.4, -0.2) is 56.1 Å². The van der Waals surface area contributed by atoms with Gasteiger partial charge in [-0.3, -0.25) is 14.5 Å². The standard InChI is InChI=1S/C28H33F6N5O/c1-17-11-24(28(32,33)34)39(36-17)21-4-8-37(9-5-21)22-13-19-3-2-7-26(19,14-22)25(40)38-10-6-23-18(16-38)12-20(15-35-23)27(29,30)31/h11-12,15,19,21-22H,2-10,13-14,16H2,1H3/t19-,22+,26-/m1/s1. The highest BCUT2D eigenvalue weighted by Crippen LogP contribution is 2.57. The monoisotopic (exact) mass is 569 g/mol. The lowest BCUT2D eigenvalue weighted by Gasteiger charge is -2.39. The number of carbonyl (C=O) groups is 1. The van der Waals surface area contributed by atoms with Gasteiger partial charge >= 0.3 is 12.4 Å². The number of hydrogen-bond donors (Lipinski definition) is 0. The van der Waals surface area contributed by atoms with Crippen LogP contribution in [0.2, 0.25) is 0 Å². The van der Waals surface area contributed by atoms with Crippen molar-refractivity contribution in [3.05, 3.63) is 46.5 Å². The van der Waals surface area contributed by atoms with Crippen molar-refractivity contribution in [3.63, 3.8) is 0 Å². The number of nitrogens with zero attached hydrogens (tertiary/aromatic N) is 5. The van der Waals surface area contributed by atoms with Crippen molar-refractivity contribution in [1.82, 2.24) is 24.6 Å². The number of aromatic nitrogens is 3. The highest BCUT2D eigenvalue weighted by Gasteiger charge is 2.57. The Morgan fingerprint density at radius 1 is 1.00 bits per heavy atom. The molecule has 2 aliphatic heterocycles. The summed E-state index contributed by atoms with van der Waals surface area (Å²) in [4.78, 5) is 22.1. The number of piperidine rings is 1. The Hall–Kier alpha value is -2.63. The minimum atomic E-state index is -4.49. The topological polar surface area (TPSA) is 54.3 Å². The minimum absolute atomic E-state index is 0.0392. The van der Waals surface area contributed by atoms with Crippen LogP contribution >= 0.6 is 0 Å². The van der Waals surface area contributed by atoms with Crippen LogP contribution in [0, 0.1) is 18.3 Å². The quantitative estimate of drug-likeness (QED) is 0.439. The summed E-state index contributed by atoms with van der Waals surface area (Å²) in [5.74, 6) is 0.256. The predicted molar refractivity (Wildman–Crippen MR) is 133 cm³/mol. The van der Waals surface area contributed by atoms with Gasteiger partial charge < -0.3 is 9.80 Å². The highest BCUT2D eigenvalue weighted by atomic mass is 19.4. The smallest absolute Gasteiger partial charge is 0.337 e. The number of halogens is 6. The second-order valence-corrected chi connectivity index (χ2v) is 12.0. The average Bonchev–Trinajstić information content (AvgIpc) is 3.60. The van der Waals surface area contributed by atoms with E-state index in [1.54, 1.807) is 11.8 Å². The lowest BCUT2D eigenvalue weighted by atomic mass is 9.78. The van der Waals surface area contributed by atoms with E-state index < -0.39 is 29.0 Å². The molecule has 12 heteroatoms. The molecule has 4 heterocycles. The Morgan fingerprint density at radius 3 is 2.45 bits per heavy atom. The molecule has 2 saturated carbocycles. The molecule has 0 radical (unpaired) electrons. The molecule has 2 aliphatic carbocycles. The van der Waals surface area contributed by atoms with Crippen molar-refractivity contribution in [2.24, 2.45) is 11.3 Å². The fourth-order valence-corrected chi connectivity index (χ4v) is 7.81. The van der Waals surface area contributed by atoms with Gasteiger partial charge in [-0.05, 0) is 69.1 Å².